The lowest BCUT2D eigenvalue weighted by Gasteiger charge is -2.20. The predicted octanol–water partition coefficient (Wildman–Crippen LogP) is -0.0767. The molecule has 0 saturated heterocycles. The molecule has 0 aliphatic carbocycles. The van der Waals surface area contributed by atoms with Gasteiger partial charge in [-0.3, -0.25) is 19.4 Å². The third-order valence-corrected chi connectivity index (χ3v) is 2.79. The van der Waals surface area contributed by atoms with Gasteiger partial charge in [0.2, 0.25) is 5.91 Å². The van der Waals surface area contributed by atoms with E-state index < -0.39 is 23.7 Å². The molecule has 0 spiro atoms. The van der Waals surface area contributed by atoms with E-state index in [4.69, 9.17) is 5.73 Å². The fourth-order valence-electron chi connectivity index (χ4n) is 1.85. The average Bonchev–Trinajstić information content (AvgIpc) is 2.85. The number of nitrogens with one attached hydrogen (secondary N) is 1. The zero-order valence-electron chi connectivity index (χ0n) is 10.7. The van der Waals surface area contributed by atoms with E-state index in [1.807, 2.05) is 0 Å². The second-order valence-electron chi connectivity index (χ2n) is 4.13. The maximum absolute atomic E-state index is 12.9. The van der Waals surface area contributed by atoms with Gasteiger partial charge < -0.3 is 5.73 Å². The van der Waals surface area contributed by atoms with Crippen molar-refractivity contribution >= 4 is 23.2 Å². The molecule has 2 amide bonds. The van der Waals surface area contributed by atoms with E-state index in [2.05, 4.69) is 15.4 Å². The molecule has 1 aromatic rings. The number of hydroxylamine groups is 1. The Morgan fingerprint density at radius 1 is 1.45 bits per heavy atom. The van der Waals surface area contributed by atoms with Gasteiger partial charge in [0.25, 0.3) is 5.91 Å². The van der Waals surface area contributed by atoms with Gasteiger partial charge in [-0.25, -0.2) is 9.87 Å². The minimum absolute atomic E-state index is 0.0574. The van der Waals surface area contributed by atoms with Crippen molar-refractivity contribution < 1.29 is 18.8 Å². The van der Waals surface area contributed by atoms with Crippen molar-refractivity contribution in [2.45, 2.75) is 12.5 Å². The summed E-state index contributed by atoms with van der Waals surface area (Å²) in [5.74, 6) is -1.59. The standard InChI is InChI=1S/C12H13FN4O3/c1-20-16-12(19)9-6-10(11(14)18)17(15-9)8-4-2-7(13)3-5-8/h2-5,10H,6H2,1H3,(H2,14,18)(H,16,19). The van der Waals surface area contributed by atoms with Crippen molar-refractivity contribution in [3.63, 3.8) is 0 Å². The molecular formula is C12H13FN4O3. The van der Waals surface area contributed by atoms with Crippen LogP contribution in [0.3, 0.4) is 0 Å². The highest BCUT2D eigenvalue weighted by atomic mass is 19.1. The predicted molar refractivity (Wildman–Crippen MR) is 69.1 cm³/mol. The van der Waals surface area contributed by atoms with Crippen LogP contribution in [0, 0.1) is 5.82 Å². The van der Waals surface area contributed by atoms with Gasteiger partial charge in [-0.1, -0.05) is 0 Å². The first-order chi connectivity index (χ1) is 9.52. The number of benzene rings is 1. The largest absolute Gasteiger partial charge is 0.368 e. The minimum Gasteiger partial charge on any atom is -0.368 e. The zero-order chi connectivity index (χ0) is 14.7. The van der Waals surface area contributed by atoms with Crippen molar-refractivity contribution in [3.05, 3.63) is 30.1 Å². The SMILES string of the molecule is CONC(=O)C1=NN(c2ccc(F)cc2)C(C(N)=O)C1. The maximum atomic E-state index is 12.9. The lowest BCUT2D eigenvalue weighted by Crippen LogP contribution is -2.39. The highest BCUT2D eigenvalue weighted by Gasteiger charge is 2.34. The van der Waals surface area contributed by atoms with Gasteiger partial charge >= 0.3 is 0 Å². The van der Waals surface area contributed by atoms with Crippen LogP contribution in [0.25, 0.3) is 0 Å². The lowest BCUT2D eigenvalue weighted by atomic mass is 10.1. The van der Waals surface area contributed by atoms with Gasteiger partial charge in [-0.2, -0.15) is 5.10 Å². The summed E-state index contributed by atoms with van der Waals surface area (Å²) in [5.41, 5.74) is 8.00. The minimum atomic E-state index is -0.793. The summed E-state index contributed by atoms with van der Waals surface area (Å²) in [4.78, 5) is 27.6. The van der Waals surface area contributed by atoms with Crippen LogP contribution in [0.4, 0.5) is 10.1 Å². The number of hydrazone groups is 1. The summed E-state index contributed by atoms with van der Waals surface area (Å²) >= 11 is 0. The summed E-state index contributed by atoms with van der Waals surface area (Å²) < 4.78 is 12.9. The second kappa shape index (κ2) is 5.66. The number of carbonyl (C=O) groups is 2. The number of hydrogen-bond donors (Lipinski definition) is 2. The Bertz CT molecular complexity index is 558. The van der Waals surface area contributed by atoms with Gasteiger partial charge in [0.15, 0.2) is 0 Å². The molecule has 20 heavy (non-hydrogen) atoms. The van der Waals surface area contributed by atoms with Gasteiger partial charge in [0.05, 0.1) is 12.8 Å². The molecular weight excluding hydrogens is 267 g/mol. The molecule has 1 unspecified atom stereocenters. The maximum Gasteiger partial charge on any atom is 0.291 e. The van der Waals surface area contributed by atoms with Crippen LogP contribution >= 0.6 is 0 Å². The van der Waals surface area contributed by atoms with E-state index in [9.17, 15) is 14.0 Å². The zero-order valence-corrected chi connectivity index (χ0v) is 10.7. The van der Waals surface area contributed by atoms with E-state index in [0.717, 1.165) is 0 Å². The molecule has 1 aliphatic heterocycles. The van der Waals surface area contributed by atoms with E-state index in [1.165, 1.54) is 36.4 Å². The van der Waals surface area contributed by atoms with Crippen molar-refractivity contribution in [2.24, 2.45) is 10.8 Å². The molecule has 0 radical (unpaired) electrons. The Balaban J connectivity index is 2.29. The first-order valence-electron chi connectivity index (χ1n) is 5.78. The van der Waals surface area contributed by atoms with E-state index in [1.54, 1.807) is 0 Å². The summed E-state index contributed by atoms with van der Waals surface area (Å²) in [6, 6.07) is 4.57. The Morgan fingerprint density at radius 2 is 2.10 bits per heavy atom. The molecule has 8 heteroatoms. The van der Waals surface area contributed by atoms with Crippen molar-refractivity contribution in [1.29, 1.82) is 0 Å². The number of rotatable bonds is 4. The van der Waals surface area contributed by atoms with Crippen LogP contribution in [0.5, 0.6) is 0 Å². The third-order valence-electron chi connectivity index (χ3n) is 2.79. The number of amides is 2. The summed E-state index contributed by atoms with van der Waals surface area (Å²) in [5, 5.41) is 5.34. The number of nitrogens with two attached hydrogens (primary N) is 1. The van der Waals surface area contributed by atoms with Crippen molar-refractivity contribution in [2.75, 3.05) is 12.1 Å². The summed E-state index contributed by atoms with van der Waals surface area (Å²) in [6.45, 7) is 0. The lowest BCUT2D eigenvalue weighted by molar-refractivity contribution is -0.124. The van der Waals surface area contributed by atoms with Crippen LogP contribution in [-0.4, -0.2) is 30.7 Å². The molecule has 106 valence electrons. The van der Waals surface area contributed by atoms with E-state index >= 15 is 0 Å². The van der Waals surface area contributed by atoms with Crippen LogP contribution in [-0.2, 0) is 14.4 Å². The molecule has 0 bridgehead atoms. The van der Waals surface area contributed by atoms with Crippen LogP contribution in [0.2, 0.25) is 0 Å². The molecule has 0 fully saturated rings. The van der Waals surface area contributed by atoms with Gasteiger partial charge in [0, 0.05) is 6.42 Å². The normalized spacial score (nSPS) is 17.8. The van der Waals surface area contributed by atoms with Crippen LogP contribution < -0.4 is 16.2 Å². The van der Waals surface area contributed by atoms with Crippen LogP contribution in [0.15, 0.2) is 29.4 Å². The Morgan fingerprint density at radius 3 is 2.65 bits per heavy atom. The molecule has 1 aromatic carbocycles. The molecule has 7 nitrogen and oxygen atoms in total. The van der Waals surface area contributed by atoms with E-state index in [-0.39, 0.29) is 12.1 Å². The Labute approximate surface area is 114 Å². The molecule has 0 aromatic heterocycles. The van der Waals surface area contributed by atoms with E-state index in [0.29, 0.717) is 5.69 Å². The second-order valence-corrected chi connectivity index (χ2v) is 4.13. The Hall–Kier alpha value is -2.48. The fourth-order valence-corrected chi connectivity index (χ4v) is 1.85. The number of carbonyl (C=O) groups excluding carboxylic acids is 2. The fraction of sp³-hybridized carbons (Fsp3) is 0.250. The summed E-state index contributed by atoms with van der Waals surface area (Å²) in [7, 11) is 1.29. The average molecular weight is 280 g/mol. The van der Waals surface area contributed by atoms with Crippen LogP contribution in [0.1, 0.15) is 6.42 Å². The topological polar surface area (TPSA) is 97.0 Å². The van der Waals surface area contributed by atoms with Gasteiger partial charge in [-0.05, 0) is 24.3 Å². The number of hydrogen-bond acceptors (Lipinski definition) is 5. The highest BCUT2D eigenvalue weighted by Crippen LogP contribution is 2.24. The van der Waals surface area contributed by atoms with Gasteiger partial charge in [0.1, 0.15) is 17.6 Å². The molecule has 0 saturated carbocycles. The molecule has 1 heterocycles. The molecule has 1 aliphatic rings. The molecule has 1 atom stereocenters. The monoisotopic (exact) mass is 280 g/mol. The van der Waals surface area contributed by atoms with Crippen molar-refractivity contribution in [1.82, 2.24) is 5.48 Å². The smallest absolute Gasteiger partial charge is 0.291 e. The Kier molecular flexibility index (Phi) is 3.94. The third kappa shape index (κ3) is 2.75. The van der Waals surface area contributed by atoms with Crippen molar-refractivity contribution in [3.8, 4) is 0 Å². The number of nitrogens with zero attached hydrogens (tertiary/aromatic N) is 2. The first-order valence-corrected chi connectivity index (χ1v) is 5.78. The number of anilines is 1. The van der Waals surface area contributed by atoms with Gasteiger partial charge in [-0.15, -0.1) is 0 Å². The quantitative estimate of drug-likeness (QED) is 0.754. The molecule has 2 rings (SSSR count). The number of halogens is 1. The first kappa shape index (κ1) is 13.9. The summed E-state index contributed by atoms with van der Waals surface area (Å²) in [6.07, 6.45) is 0.0574. The molecule has 3 N–H and O–H groups in total. The highest BCUT2D eigenvalue weighted by molar-refractivity contribution is 6.40. The number of primary amides is 1.